The molecular formula is C15H25N5. The Hall–Kier alpha value is -1.62. The number of nitrogens with zero attached hydrogens (tertiary/aromatic N) is 4. The van der Waals surface area contributed by atoms with Crippen molar-refractivity contribution in [3.8, 4) is 0 Å². The molecule has 0 radical (unpaired) electrons. The molecule has 0 aliphatic rings. The van der Waals surface area contributed by atoms with Crippen molar-refractivity contribution in [3.05, 3.63) is 35.7 Å². The van der Waals surface area contributed by atoms with Crippen LogP contribution in [0.25, 0.3) is 0 Å². The highest BCUT2D eigenvalue weighted by molar-refractivity contribution is 5.12. The molecule has 20 heavy (non-hydrogen) atoms. The largest absolute Gasteiger partial charge is 0.328 e. The van der Waals surface area contributed by atoms with E-state index in [0.717, 1.165) is 37.6 Å². The number of imidazole rings is 1. The third-order valence-electron chi connectivity index (χ3n) is 3.38. The Balaban J connectivity index is 2.13. The normalized spacial score (nSPS) is 11.4. The zero-order chi connectivity index (χ0) is 14.5. The Morgan fingerprint density at radius 2 is 2.10 bits per heavy atom. The molecule has 0 aliphatic carbocycles. The third-order valence-corrected chi connectivity index (χ3v) is 3.38. The summed E-state index contributed by atoms with van der Waals surface area (Å²) in [6, 6.07) is 2.66. The summed E-state index contributed by atoms with van der Waals surface area (Å²) in [7, 11) is 0. The van der Waals surface area contributed by atoms with Gasteiger partial charge < -0.3 is 9.88 Å². The number of nitrogens with one attached hydrogen (secondary N) is 1. The van der Waals surface area contributed by atoms with Crippen molar-refractivity contribution >= 4 is 0 Å². The Morgan fingerprint density at radius 3 is 2.75 bits per heavy atom. The first-order valence-electron chi connectivity index (χ1n) is 7.43. The van der Waals surface area contributed by atoms with Crippen molar-refractivity contribution in [1.82, 2.24) is 24.6 Å². The fourth-order valence-corrected chi connectivity index (χ4v) is 2.21. The minimum absolute atomic E-state index is 0.466. The summed E-state index contributed by atoms with van der Waals surface area (Å²) < 4.78 is 4.27. The van der Waals surface area contributed by atoms with Crippen molar-refractivity contribution in [2.24, 2.45) is 0 Å². The molecule has 0 spiro atoms. The van der Waals surface area contributed by atoms with Crippen LogP contribution in [0.1, 0.15) is 44.9 Å². The molecule has 5 heteroatoms. The van der Waals surface area contributed by atoms with Gasteiger partial charge in [-0.1, -0.05) is 20.8 Å². The van der Waals surface area contributed by atoms with Crippen molar-refractivity contribution in [3.63, 3.8) is 0 Å². The lowest BCUT2D eigenvalue weighted by Gasteiger charge is -2.11. The SMILES string of the molecule is CCc1cc(Cn2ccnc2CNC(C)C)n(CC)n1. The highest BCUT2D eigenvalue weighted by atomic mass is 15.3. The highest BCUT2D eigenvalue weighted by Crippen LogP contribution is 2.09. The minimum atomic E-state index is 0.466. The van der Waals surface area contributed by atoms with E-state index in [1.807, 2.05) is 12.4 Å². The van der Waals surface area contributed by atoms with Crippen LogP contribution in [0.5, 0.6) is 0 Å². The molecule has 0 aromatic carbocycles. The predicted molar refractivity (Wildman–Crippen MR) is 80.6 cm³/mol. The first kappa shape index (κ1) is 14.8. The van der Waals surface area contributed by atoms with Gasteiger partial charge in [0.2, 0.25) is 0 Å². The van der Waals surface area contributed by atoms with Gasteiger partial charge in [-0.15, -0.1) is 0 Å². The summed E-state index contributed by atoms with van der Waals surface area (Å²) in [5.74, 6) is 1.07. The average molecular weight is 275 g/mol. The molecule has 2 rings (SSSR count). The molecule has 0 unspecified atom stereocenters. The van der Waals surface area contributed by atoms with Crippen molar-refractivity contribution in [1.29, 1.82) is 0 Å². The molecule has 0 saturated carbocycles. The molecule has 2 aromatic heterocycles. The molecule has 1 N–H and O–H groups in total. The maximum Gasteiger partial charge on any atom is 0.123 e. The van der Waals surface area contributed by atoms with Gasteiger partial charge in [0.1, 0.15) is 5.82 Å². The maximum absolute atomic E-state index is 4.60. The first-order valence-corrected chi connectivity index (χ1v) is 7.43. The van der Waals surface area contributed by atoms with Crippen LogP contribution < -0.4 is 5.32 Å². The van der Waals surface area contributed by atoms with Gasteiger partial charge in [-0.25, -0.2) is 4.98 Å². The van der Waals surface area contributed by atoms with E-state index < -0.39 is 0 Å². The number of rotatable bonds is 7. The summed E-state index contributed by atoms with van der Waals surface area (Å²) in [5.41, 5.74) is 2.40. The topological polar surface area (TPSA) is 47.7 Å². The second-order valence-electron chi connectivity index (χ2n) is 5.30. The summed E-state index contributed by atoms with van der Waals surface area (Å²) in [4.78, 5) is 4.44. The Labute approximate surface area is 121 Å². The van der Waals surface area contributed by atoms with Gasteiger partial charge >= 0.3 is 0 Å². The standard InChI is InChI=1S/C15H25N5/c1-5-13-9-14(20(6-2)18-13)11-19-8-7-16-15(19)10-17-12(3)4/h7-9,12,17H,5-6,10-11H2,1-4H3. The number of hydrogen-bond donors (Lipinski definition) is 1. The molecule has 0 saturated heterocycles. The van der Waals surface area contributed by atoms with E-state index in [1.54, 1.807) is 0 Å². The quantitative estimate of drug-likeness (QED) is 0.843. The van der Waals surface area contributed by atoms with E-state index in [9.17, 15) is 0 Å². The zero-order valence-electron chi connectivity index (χ0n) is 12.9. The van der Waals surface area contributed by atoms with E-state index in [0.29, 0.717) is 6.04 Å². The second-order valence-corrected chi connectivity index (χ2v) is 5.30. The van der Waals surface area contributed by atoms with Crippen LogP contribution in [0.2, 0.25) is 0 Å². The minimum Gasteiger partial charge on any atom is -0.328 e. The lowest BCUT2D eigenvalue weighted by molar-refractivity contribution is 0.542. The van der Waals surface area contributed by atoms with Gasteiger partial charge in [0.25, 0.3) is 0 Å². The fourth-order valence-electron chi connectivity index (χ4n) is 2.21. The molecule has 0 amide bonds. The van der Waals surface area contributed by atoms with E-state index in [4.69, 9.17) is 0 Å². The van der Waals surface area contributed by atoms with Gasteiger partial charge in [-0.2, -0.15) is 5.10 Å². The first-order chi connectivity index (χ1) is 9.63. The van der Waals surface area contributed by atoms with Crippen LogP contribution in [-0.4, -0.2) is 25.4 Å². The molecule has 0 aliphatic heterocycles. The van der Waals surface area contributed by atoms with Gasteiger partial charge in [-0.05, 0) is 19.4 Å². The molecule has 110 valence electrons. The van der Waals surface area contributed by atoms with Crippen LogP contribution in [0.15, 0.2) is 18.5 Å². The van der Waals surface area contributed by atoms with Crippen LogP contribution in [0, 0.1) is 0 Å². The van der Waals surface area contributed by atoms with Gasteiger partial charge in [0, 0.05) is 25.0 Å². The number of hydrogen-bond acceptors (Lipinski definition) is 3. The van der Waals surface area contributed by atoms with Crippen LogP contribution in [0.3, 0.4) is 0 Å². The zero-order valence-corrected chi connectivity index (χ0v) is 12.9. The van der Waals surface area contributed by atoms with E-state index >= 15 is 0 Å². The third kappa shape index (κ3) is 3.48. The van der Waals surface area contributed by atoms with Gasteiger partial charge in [-0.3, -0.25) is 4.68 Å². The Bertz CT molecular complexity index is 538. The second kappa shape index (κ2) is 6.70. The van der Waals surface area contributed by atoms with Crippen molar-refractivity contribution in [2.45, 2.75) is 59.8 Å². The summed E-state index contributed by atoms with van der Waals surface area (Å²) >= 11 is 0. The summed E-state index contributed by atoms with van der Waals surface area (Å²) in [5, 5.41) is 8.01. The molecular weight excluding hydrogens is 250 g/mol. The van der Waals surface area contributed by atoms with Gasteiger partial charge in [0.15, 0.2) is 0 Å². The molecule has 2 aromatic rings. The van der Waals surface area contributed by atoms with E-state index in [-0.39, 0.29) is 0 Å². The smallest absolute Gasteiger partial charge is 0.123 e. The number of aromatic nitrogens is 4. The van der Waals surface area contributed by atoms with Gasteiger partial charge in [0.05, 0.1) is 24.5 Å². The van der Waals surface area contributed by atoms with Crippen LogP contribution in [0.4, 0.5) is 0 Å². The number of aryl methyl sites for hydroxylation is 2. The monoisotopic (exact) mass is 275 g/mol. The van der Waals surface area contributed by atoms with Crippen molar-refractivity contribution in [2.75, 3.05) is 0 Å². The molecule has 0 atom stereocenters. The fraction of sp³-hybridized carbons (Fsp3) is 0.600. The molecule has 5 nitrogen and oxygen atoms in total. The lowest BCUT2D eigenvalue weighted by Crippen LogP contribution is -2.24. The molecule has 0 fully saturated rings. The maximum atomic E-state index is 4.60. The Kier molecular flexibility index (Phi) is 4.95. The lowest BCUT2D eigenvalue weighted by atomic mass is 10.3. The van der Waals surface area contributed by atoms with E-state index in [1.165, 1.54) is 5.69 Å². The van der Waals surface area contributed by atoms with Crippen LogP contribution in [-0.2, 0) is 26.1 Å². The summed E-state index contributed by atoms with van der Waals surface area (Å²) in [6.07, 6.45) is 4.88. The van der Waals surface area contributed by atoms with E-state index in [2.05, 4.69) is 58.4 Å². The average Bonchev–Trinajstić information content (AvgIpc) is 3.03. The predicted octanol–water partition coefficient (Wildman–Crippen LogP) is 2.21. The molecule has 0 bridgehead atoms. The molecule has 2 heterocycles. The summed E-state index contributed by atoms with van der Waals surface area (Å²) in [6.45, 7) is 11.1. The Morgan fingerprint density at radius 1 is 1.30 bits per heavy atom. The highest BCUT2D eigenvalue weighted by Gasteiger charge is 2.09. The van der Waals surface area contributed by atoms with Crippen molar-refractivity contribution < 1.29 is 0 Å². The van der Waals surface area contributed by atoms with Crippen LogP contribution >= 0.6 is 0 Å².